The Hall–Kier alpha value is -4.33. The molecule has 4 N–H and O–H groups in total. The number of para-hydroxylation sites is 1. The number of methoxy groups -OCH3 is 1. The minimum atomic E-state index is -4.96. The zero-order chi connectivity index (χ0) is 30.2. The molecule has 0 radical (unpaired) electrons. The summed E-state index contributed by atoms with van der Waals surface area (Å²) in [7, 11) is 1.31. The number of nitrogens with zero attached hydrogens (tertiary/aromatic N) is 4. The number of ether oxygens (including phenoxy) is 1. The molecule has 4 rings (SSSR count). The maximum absolute atomic E-state index is 13.2. The first-order valence-corrected chi connectivity index (χ1v) is 11.2. The Morgan fingerprint density at radius 3 is 2.47 bits per heavy atom. The second-order valence-electron chi connectivity index (χ2n) is 8.59. The molecule has 2 aromatic heterocycles. The molecule has 1 aromatic carbocycles. The summed E-state index contributed by atoms with van der Waals surface area (Å²) in [5.74, 6) is -1.46. The molecule has 38 heavy (non-hydrogen) atoms. The third-order valence-corrected chi connectivity index (χ3v) is 5.82. The summed E-state index contributed by atoms with van der Waals surface area (Å²) >= 11 is 0. The quantitative estimate of drug-likeness (QED) is 0.342. The van der Waals surface area contributed by atoms with E-state index in [-0.39, 0.29) is 46.2 Å². The number of aromatic nitrogens is 4. The van der Waals surface area contributed by atoms with Crippen LogP contribution in [0.25, 0.3) is 11.4 Å². The Morgan fingerprint density at radius 2 is 1.87 bits per heavy atom. The zero-order valence-corrected chi connectivity index (χ0v) is 20.1. The lowest BCUT2D eigenvalue weighted by Gasteiger charge is -2.26. The van der Waals surface area contributed by atoms with E-state index < -0.39 is 35.9 Å². The SMILES string of the molecule is [2H]C([2H])([2H])NC(=O)c1nnc(NC(=O)C2CC2)cc1Nc1cccc(-c2ncc(C(C)(O)C(F)(F)F)cn2)c1OC. The minimum Gasteiger partial charge on any atom is -0.494 e. The van der Waals surface area contributed by atoms with Gasteiger partial charge in [0.05, 0.1) is 24.0 Å². The van der Waals surface area contributed by atoms with Crippen LogP contribution in [-0.4, -0.2) is 57.3 Å². The van der Waals surface area contributed by atoms with Crippen molar-refractivity contribution >= 4 is 29.0 Å². The van der Waals surface area contributed by atoms with Crippen molar-refractivity contribution in [3.8, 4) is 17.1 Å². The number of benzene rings is 1. The van der Waals surface area contributed by atoms with E-state index in [1.807, 2.05) is 5.32 Å². The van der Waals surface area contributed by atoms with Gasteiger partial charge < -0.3 is 25.8 Å². The van der Waals surface area contributed by atoms with Crippen LogP contribution in [0.4, 0.5) is 30.4 Å². The van der Waals surface area contributed by atoms with Crippen molar-refractivity contribution in [1.82, 2.24) is 25.5 Å². The van der Waals surface area contributed by atoms with Crippen LogP contribution in [0.2, 0.25) is 0 Å². The van der Waals surface area contributed by atoms with E-state index in [0.717, 1.165) is 25.2 Å². The molecule has 1 aliphatic carbocycles. The van der Waals surface area contributed by atoms with E-state index in [1.54, 1.807) is 0 Å². The second kappa shape index (κ2) is 10.2. The predicted molar refractivity (Wildman–Crippen MR) is 130 cm³/mol. The number of anilines is 3. The van der Waals surface area contributed by atoms with Crippen LogP contribution in [-0.2, 0) is 10.4 Å². The second-order valence-corrected chi connectivity index (χ2v) is 8.59. The van der Waals surface area contributed by atoms with Crippen molar-refractivity contribution < 1.29 is 36.7 Å². The van der Waals surface area contributed by atoms with Crippen molar-refractivity contribution in [3.63, 3.8) is 0 Å². The smallest absolute Gasteiger partial charge is 0.421 e. The van der Waals surface area contributed by atoms with Gasteiger partial charge in [-0.05, 0) is 31.9 Å². The number of nitrogens with one attached hydrogen (secondary N) is 3. The molecule has 2 heterocycles. The van der Waals surface area contributed by atoms with Crippen molar-refractivity contribution in [2.45, 2.75) is 31.5 Å². The Morgan fingerprint density at radius 1 is 1.16 bits per heavy atom. The summed E-state index contributed by atoms with van der Waals surface area (Å²) in [6.45, 7) is -2.24. The van der Waals surface area contributed by atoms with Gasteiger partial charge in [0.1, 0.15) is 0 Å². The molecule has 0 bridgehead atoms. The highest BCUT2D eigenvalue weighted by molar-refractivity contribution is 6.00. The Kier molecular flexibility index (Phi) is 6.13. The molecule has 1 aliphatic rings. The average molecular weight is 535 g/mol. The number of aliphatic hydroxyl groups is 1. The monoisotopic (exact) mass is 534 g/mol. The molecule has 0 spiro atoms. The molecule has 0 saturated heterocycles. The summed E-state index contributed by atoms with van der Waals surface area (Å²) in [4.78, 5) is 32.9. The van der Waals surface area contributed by atoms with Crippen LogP contribution in [0.15, 0.2) is 36.7 Å². The normalized spacial score (nSPS) is 16.3. The van der Waals surface area contributed by atoms with Crippen LogP contribution in [0.1, 0.15) is 39.9 Å². The highest BCUT2D eigenvalue weighted by Crippen LogP contribution is 2.40. The standard InChI is InChI=1S/C24H24F3N7O4/c1-23(37,24(25,26)27)13-10-29-20(30-11-13)14-5-4-6-15(19(14)38-3)31-16-9-17(32-21(35)12-7-8-12)33-34-18(16)22(36)28-2/h4-6,9-12,37H,7-8H2,1-3H3,(H,28,36)(H2,31,32,33,35)/i2D3. The van der Waals surface area contributed by atoms with Gasteiger partial charge in [-0.15, -0.1) is 10.2 Å². The molecule has 200 valence electrons. The topological polar surface area (TPSA) is 151 Å². The summed E-state index contributed by atoms with van der Waals surface area (Å²) in [5, 5.41) is 24.9. The summed E-state index contributed by atoms with van der Waals surface area (Å²) in [6, 6.07) is 5.88. The first-order chi connectivity index (χ1) is 19.1. The van der Waals surface area contributed by atoms with E-state index in [4.69, 9.17) is 8.85 Å². The van der Waals surface area contributed by atoms with Gasteiger partial charge in [-0.25, -0.2) is 9.97 Å². The number of amides is 2. The van der Waals surface area contributed by atoms with Gasteiger partial charge in [0.15, 0.2) is 28.7 Å². The number of carbonyl (C=O) groups excluding carboxylic acids is 2. The lowest BCUT2D eigenvalue weighted by molar-refractivity contribution is -0.259. The van der Waals surface area contributed by atoms with Crippen molar-refractivity contribution in [2.24, 2.45) is 5.92 Å². The number of alkyl halides is 3. The molecule has 1 fully saturated rings. The van der Waals surface area contributed by atoms with Crippen molar-refractivity contribution in [2.75, 3.05) is 24.7 Å². The van der Waals surface area contributed by atoms with E-state index in [9.17, 15) is 27.9 Å². The maximum Gasteiger partial charge on any atom is 0.421 e. The fraction of sp³-hybridized carbons (Fsp3) is 0.333. The first-order valence-electron chi connectivity index (χ1n) is 12.7. The fourth-order valence-electron chi connectivity index (χ4n) is 3.41. The number of carbonyl (C=O) groups is 2. The molecule has 0 aliphatic heterocycles. The largest absolute Gasteiger partial charge is 0.494 e. The Balaban J connectivity index is 1.71. The third-order valence-electron chi connectivity index (χ3n) is 5.82. The van der Waals surface area contributed by atoms with E-state index in [2.05, 4.69) is 30.8 Å². The number of hydrogen-bond acceptors (Lipinski definition) is 9. The molecule has 2 amide bonds. The lowest BCUT2D eigenvalue weighted by Crippen LogP contribution is -2.39. The molecule has 1 atom stereocenters. The highest BCUT2D eigenvalue weighted by atomic mass is 19.4. The van der Waals surface area contributed by atoms with E-state index >= 15 is 0 Å². The Labute approximate surface area is 219 Å². The van der Waals surface area contributed by atoms with Gasteiger partial charge in [0.25, 0.3) is 5.91 Å². The first kappa shape index (κ1) is 22.8. The molecule has 14 heteroatoms. The van der Waals surface area contributed by atoms with Crippen molar-refractivity contribution in [3.05, 3.63) is 47.9 Å². The summed E-state index contributed by atoms with van der Waals surface area (Å²) in [6.07, 6.45) is -1.82. The van der Waals surface area contributed by atoms with Gasteiger partial charge in [-0.1, -0.05) is 6.07 Å². The van der Waals surface area contributed by atoms with Gasteiger partial charge in [0, 0.05) is 41.0 Å². The molecular formula is C24H24F3N7O4. The Bertz CT molecular complexity index is 1460. The summed E-state index contributed by atoms with van der Waals surface area (Å²) in [5.41, 5.74) is -3.76. The van der Waals surface area contributed by atoms with E-state index in [1.165, 1.54) is 31.4 Å². The molecular weight excluding hydrogens is 507 g/mol. The number of rotatable bonds is 8. The van der Waals surface area contributed by atoms with Gasteiger partial charge in [0.2, 0.25) is 5.91 Å². The molecule has 3 aromatic rings. The van der Waals surface area contributed by atoms with Crippen LogP contribution >= 0.6 is 0 Å². The predicted octanol–water partition coefficient (Wildman–Crippen LogP) is 3.16. The van der Waals surface area contributed by atoms with Gasteiger partial charge in [-0.3, -0.25) is 9.59 Å². The molecule has 1 saturated carbocycles. The van der Waals surface area contributed by atoms with Crippen LogP contribution in [0, 0.1) is 5.92 Å². The third kappa shape index (κ3) is 5.34. The number of hydrogen-bond donors (Lipinski definition) is 4. The molecule has 11 nitrogen and oxygen atoms in total. The van der Waals surface area contributed by atoms with Crippen molar-refractivity contribution in [1.29, 1.82) is 0 Å². The average Bonchev–Trinajstić information content (AvgIpc) is 3.73. The van der Waals surface area contributed by atoms with Crippen LogP contribution in [0.3, 0.4) is 0 Å². The van der Waals surface area contributed by atoms with Crippen LogP contribution in [0.5, 0.6) is 5.75 Å². The summed E-state index contributed by atoms with van der Waals surface area (Å²) < 4.78 is 67.1. The lowest BCUT2D eigenvalue weighted by atomic mass is 9.98. The van der Waals surface area contributed by atoms with Gasteiger partial charge in [-0.2, -0.15) is 13.2 Å². The molecule has 1 unspecified atom stereocenters. The van der Waals surface area contributed by atoms with Gasteiger partial charge >= 0.3 is 6.18 Å². The van der Waals surface area contributed by atoms with E-state index in [0.29, 0.717) is 6.92 Å². The highest BCUT2D eigenvalue weighted by Gasteiger charge is 2.51. The fourth-order valence-corrected chi connectivity index (χ4v) is 3.41. The van der Waals surface area contributed by atoms with Crippen LogP contribution < -0.4 is 20.7 Å². The number of halogens is 3. The maximum atomic E-state index is 13.2. The minimum absolute atomic E-state index is 0.000550. The zero-order valence-electron chi connectivity index (χ0n) is 23.1.